The number of ether oxygens (including phenoxy) is 1. The third kappa shape index (κ3) is 2.34. The van der Waals surface area contributed by atoms with E-state index in [2.05, 4.69) is 25.8 Å². The highest BCUT2D eigenvalue weighted by Crippen LogP contribution is 2.67. The van der Waals surface area contributed by atoms with E-state index in [0.717, 1.165) is 51.4 Å². The van der Waals surface area contributed by atoms with Crippen molar-refractivity contribution in [3.63, 3.8) is 0 Å². The summed E-state index contributed by atoms with van der Waals surface area (Å²) in [5.74, 6) is 4.39. The van der Waals surface area contributed by atoms with Gasteiger partial charge in [0.15, 0.2) is 0 Å². The van der Waals surface area contributed by atoms with Gasteiger partial charge in [0.1, 0.15) is 11.7 Å². The lowest BCUT2D eigenvalue weighted by Gasteiger charge is -2.58. The highest BCUT2D eigenvalue weighted by Gasteiger charge is 2.63. The number of carbonyl (C=O) groups is 1. The molecule has 0 saturated heterocycles. The highest BCUT2D eigenvalue weighted by molar-refractivity contribution is 5.66. The van der Waals surface area contributed by atoms with E-state index in [-0.39, 0.29) is 22.9 Å². The normalized spacial score (nSPS) is 49.9. The van der Waals surface area contributed by atoms with Crippen LogP contribution in [0.3, 0.4) is 0 Å². The molecule has 26 heavy (non-hydrogen) atoms. The molecule has 0 aliphatic heterocycles. The molecule has 3 saturated carbocycles. The van der Waals surface area contributed by atoms with Gasteiger partial charge < -0.3 is 9.84 Å². The number of terminal acetylenes is 1. The van der Waals surface area contributed by atoms with Gasteiger partial charge in [-0.25, -0.2) is 0 Å². The minimum Gasteiger partial charge on any atom is -0.462 e. The Morgan fingerprint density at radius 3 is 2.65 bits per heavy atom. The zero-order valence-electron chi connectivity index (χ0n) is 16.4. The van der Waals surface area contributed by atoms with E-state index in [0.29, 0.717) is 17.8 Å². The van der Waals surface area contributed by atoms with Crippen LogP contribution in [-0.4, -0.2) is 22.8 Å². The van der Waals surface area contributed by atoms with Gasteiger partial charge in [0.05, 0.1) is 0 Å². The zero-order chi connectivity index (χ0) is 18.7. The smallest absolute Gasteiger partial charge is 0.302 e. The quantitative estimate of drug-likeness (QED) is 0.434. The molecule has 0 aromatic rings. The first-order chi connectivity index (χ1) is 12.2. The summed E-state index contributed by atoms with van der Waals surface area (Å²) in [7, 11) is 0. The van der Waals surface area contributed by atoms with Gasteiger partial charge >= 0.3 is 5.97 Å². The number of carbonyl (C=O) groups excluding carboxylic acids is 1. The standard InChI is InChI=1S/C23H32O3/c1-5-23(25)13-10-20-18-7-6-16-14-17(26-15(2)24)8-11-21(16,3)19(18)9-12-22(20,23)4/h1,6,17-20,25H,7-14H2,2-4H3/t17?,18?,19?,20?,21?,22-,23?/m0/s1. The van der Waals surface area contributed by atoms with Crippen molar-refractivity contribution in [2.45, 2.75) is 83.8 Å². The summed E-state index contributed by atoms with van der Waals surface area (Å²) < 4.78 is 5.51. The molecule has 3 heteroatoms. The van der Waals surface area contributed by atoms with E-state index in [1.807, 2.05) is 0 Å². The van der Waals surface area contributed by atoms with Crippen molar-refractivity contribution in [2.24, 2.45) is 28.6 Å². The van der Waals surface area contributed by atoms with Crippen LogP contribution >= 0.6 is 0 Å². The Hall–Kier alpha value is -1.27. The number of aliphatic hydroxyl groups is 1. The van der Waals surface area contributed by atoms with E-state index >= 15 is 0 Å². The molecule has 4 aliphatic carbocycles. The van der Waals surface area contributed by atoms with Crippen LogP contribution < -0.4 is 0 Å². The Labute approximate surface area is 157 Å². The predicted molar refractivity (Wildman–Crippen MR) is 101 cm³/mol. The number of rotatable bonds is 1. The molecule has 6 unspecified atom stereocenters. The zero-order valence-corrected chi connectivity index (χ0v) is 16.4. The average Bonchev–Trinajstić information content (AvgIpc) is 2.87. The Balaban J connectivity index is 1.61. The summed E-state index contributed by atoms with van der Waals surface area (Å²) in [4.78, 5) is 11.3. The van der Waals surface area contributed by atoms with Crippen LogP contribution in [-0.2, 0) is 9.53 Å². The Morgan fingerprint density at radius 2 is 1.96 bits per heavy atom. The molecule has 0 aromatic heterocycles. The topological polar surface area (TPSA) is 46.5 Å². The number of hydrogen-bond acceptors (Lipinski definition) is 3. The monoisotopic (exact) mass is 356 g/mol. The summed E-state index contributed by atoms with van der Waals surface area (Å²) in [5, 5.41) is 11.1. The van der Waals surface area contributed by atoms with Crippen molar-refractivity contribution < 1.29 is 14.6 Å². The van der Waals surface area contributed by atoms with E-state index in [1.54, 1.807) is 0 Å². The van der Waals surface area contributed by atoms with E-state index < -0.39 is 5.60 Å². The van der Waals surface area contributed by atoms with Gasteiger partial charge in [-0.15, -0.1) is 6.42 Å². The molecule has 4 aliphatic rings. The van der Waals surface area contributed by atoms with E-state index in [1.165, 1.54) is 12.5 Å². The third-order valence-electron chi connectivity index (χ3n) is 8.78. The van der Waals surface area contributed by atoms with Crippen LogP contribution in [0.4, 0.5) is 0 Å². The maximum absolute atomic E-state index is 11.3. The molecule has 7 atom stereocenters. The Kier molecular flexibility index (Phi) is 4.08. The van der Waals surface area contributed by atoms with Crippen LogP contribution in [0.2, 0.25) is 0 Å². The lowest BCUT2D eigenvalue weighted by Crippen LogP contribution is -2.54. The van der Waals surface area contributed by atoms with Crippen LogP contribution in [0, 0.1) is 40.9 Å². The third-order valence-corrected chi connectivity index (χ3v) is 8.78. The first kappa shape index (κ1) is 18.1. The van der Waals surface area contributed by atoms with Crippen molar-refractivity contribution in [2.75, 3.05) is 0 Å². The predicted octanol–water partition coefficient (Wildman–Crippen LogP) is 4.25. The van der Waals surface area contributed by atoms with Gasteiger partial charge in [0, 0.05) is 18.8 Å². The van der Waals surface area contributed by atoms with Crippen LogP contribution in [0.25, 0.3) is 0 Å². The SMILES string of the molecule is C#CC1(O)CCC2C3CC=C4CC(OC(C)=O)CCC4(C)C3CC[C@@]21C. The molecule has 3 fully saturated rings. The minimum atomic E-state index is -0.930. The van der Waals surface area contributed by atoms with Crippen molar-refractivity contribution in [1.82, 2.24) is 0 Å². The number of allylic oxidation sites excluding steroid dienone is 1. The summed E-state index contributed by atoms with van der Waals surface area (Å²) in [6.45, 7) is 6.18. The van der Waals surface area contributed by atoms with Gasteiger partial charge in [0.2, 0.25) is 0 Å². The van der Waals surface area contributed by atoms with Crippen LogP contribution in [0.15, 0.2) is 11.6 Å². The maximum atomic E-state index is 11.3. The fraction of sp³-hybridized carbons (Fsp3) is 0.783. The Morgan fingerprint density at radius 1 is 1.23 bits per heavy atom. The van der Waals surface area contributed by atoms with E-state index in [4.69, 9.17) is 11.2 Å². The van der Waals surface area contributed by atoms with Gasteiger partial charge in [-0.3, -0.25) is 4.79 Å². The molecule has 0 heterocycles. The minimum absolute atomic E-state index is 0.0512. The fourth-order valence-corrected chi connectivity index (χ4v) is 7.22. The van der Waals surface area contributed by atoms with Gasteiger partial charge in [0.25, 0.3) is 0 Å². The number of hydrogen-bond donors (Lipinski definition) is 1. The lowest BCUT2D eigenvalue weighted by atomic mass is 9.47. The second kappa shape index (κ2) is 5.86. The highest BCUT2D eigenvalue weighted by atomic mass is 16.5. The molecule has 142 valence electrons. The first-order valence-corrected chi connectivity index (χ1v) is 10.3. The average molecular weight is 357 g/mol. The molecular weight excluding hydrogens is 324 g/mol. The van der Waals surface area contributed by atoms with Crippen LogP contribution in [0.5, 0.6) is 0 Å². The van der Waals surface area contributed by atoms with Crippen LogP contribution in [0.1, 0.15) is 72.1 Å². The molecule has 0 radical (unpaired) electrons. The summed E-state index contributed by atoms with van der Waals surface area (Å²) >= 11 is 0. The maximum Gasteiger partial charge on any atom is 0.302 e. The summed E-state index contributed by atoms with van der Waals surface area (Å²) in [6, 6.07) is 0. The van der Waals surface area contributed by atoms with Gasteiger partial charge in [-0.05, 0) is 68.1 Å². The summed E-state index contributed by atoms with van der Waals surface area (Å²) in [5.41, 5.74) is 0.655. The molecule has 0 amide bonds. The first-order valence-electron chi connectivity index (χ1n) is 10.3. The van der Waals surface area contributed by atoms with Crippen molar-refractivity contribution in [3.8, 4) is 12.3 Å². The summed E-state index contributed by atoms with van der Waals surface area (Å²) in [6.07, 6.45) is 16.3. The van der Waals surface area contributed by atoms with Crippen molar-refractivity contribution >= 4 is 5.97 Å². The Bertz CT molecular complexity index is 688. The molecule has 3 nitrogen and oxygen atoms in total. The van der Waals surface area contributed by atoms with Crippen molar-refractivity contribution in [3.05, 3.63) is 11.6 Å². The lowest BCUT2D eigenvalue weighted by molar-refractivity contribution is -0.149. The van der Waals surface area contributed by atoms with E-state index in [9.17, 15) is 9.90 Å². The van der Waals surface area contributed by atoms with Gasteiger partial charge in [-0.1, -0.05) is 31.4 Å². The number of fused-ring (bicyclic) bond motifs is 5. The van der Waals surface area contributed by atoms with Gasteiger partial charge in [-0.2, -0.15) is 0 Å². The number of esters is 1. The molecule has 0 bridgehead atoms. The fourth-order valence-electron chi connectivity index (χ4n) is 7.22. The molecular formula is C23H32O3. The molecule has 1 N–H and O–H groups in total. The molecule has 4 rings (SSSR count). The largest absolute Gasteiger partial charge is 0.462 e. The molecule has 0 spiro atoms. The van der Waals surface area contributed by atoms with Crippen molar-refractivity contribution in [1.29, 1.82) is 0 Å². The second-order valence-electron chi connectivity index (χ2n) is 9.73. The second-order valence-corrected chi connectivity index (χ2v) is 9.73. The molecule has 0 aromatic carbocycles.